The van der Waals surface area contributed by atoms with Crippen molar-refractivity contribution in [1.29, 1.82) is 0 Å². The van der Waals surface area contributed by atoms with Crippen molar-refractivity contribution in [2.24, 2.45) is 0 Å². The molecule has 4 nitrogen and oxygen atoms in total. The van der Waals surface area contributed by atoms with Crippen molar-refractivity contribution in [2.75, 3.05) is 26.7 Å². The van der Waals surface area contributed by atoms with Gasteiger partial charge in [0.2, 0.25) is 5.91 Å². The Balaban J connectivity index is 1.77. The second-order valence-electron chi connectivity index (χ2n) is 4.56. The van der Waals surface area contributed by atoms with Gasteiger partial charge in [0.25, 0.3) is 0 Å². The summed E-state index contributed by atoms with van der Waals surface area (Å²) in [5.74, 6) is 0.197. The number of rotatable bonds is 4. The quantitative estimate of drug-likeness (QED) is 0.685. The van der Waals surface area contributed by atoms with Gasteiger partial charge in [0.1, 0.15) is 0 Å². The molecule has 15 heavy (non-hydrogen) atoms. The molecule has 0 radical (unpaired) electrons. The van der Waals surface area contributed by atoms with Crippen LogP contribution in [-0.2, 0) is 4.79 Å². The van der Waals surface area contributed by atoms with E-state index in [1.54, 1.807) is 0 Å². The van der Waals surface area contributed by atoms with Gasteiger partial charge in [-0.2, -0.15) is 0 Å². The molecule has 1 amide bonds. The van der Waals surface area contributed by atoms with E-state index in [1.165, 1.54) is 25.9 Å². The third-order valence-electron chi connectivity index (χ3n) is 3.55. The zero-order valence-electron chi connectivity index (χ0n) is 9.46. The van der Waals surface area contributed by atoms with Crippen molar-refractivity contribution in [3.05, 3.63) is 0 Å². The summed E-state index contributed by atoms with van der Waals surface area (Å²) < 4.78 is 0. The van der Waals surface area contributed by atoms with Gasteiger partial charge in [-0.3, -0.25) is 9.69 Å². The Labute approximate surface area is 91.4 Å². The van der Waals surface area contributed by atoms with Crippen LogP contribution in [0.2, 0.25) is 0 Å². The first kappa shape index (κ1) is 10.9. The number of fused-ring (bicyclic) bond motifs is 1. The highest BCUT2D eigenvalue weighted by molar-refractivity contribution is 5.76. The molecular formula is C11H21N3O. The molecule has 86 valence electrons. The van der Waals surface area contributed by atoms with Crippen molar-refractivity contribution in [3.8, 4) is 0 Å². The summed E-state index contributed by atoms with van der Waals surface area (Å²) in [5.41, 5.74) is 0. The molecule has 2 saturated heterocycles. The van der Waals surface area contributed by atoms with Gasteiger partial charge in [0, 0.05) is 31.6 Å². The smallest absolute Gasteiger partial charge is 0.221 e. The fraction of sp³-hybridized carbons (Fsp3) is 0.909. The lowest BCUT2D eigenvalue weighted by Gasteiger charge is -2.21. The zero-order chi connectivity index (χ0) is 10.7. The summed E-state index contributed by atoms with van der Waals surface area (Å²) in [6, 6.07) is 1.04. The lowest BCUT2D eigenvalue weighted by molar-refractivity contribution is -0.121. The van der Waals surface area contributed by atoms with Crippen LogP contribution in [0.5, 0.6) is 0 Å². The van der Waals surface area contributed by atoms with E-state index in [2.05, 4.69) is 15.5 Å². The maximum absolute atomic E-state index is 11.6. The first-order valence-corrected chi connectivity index (χ1v) is 5.99. The second-order valence-corrected chi connectivity index (χ2v) is 4.56. The molecule has 2 unspecified atom stereocenters. The number of hydrogen-bond acceptors (Lipinski definition) is 3. The SMILES string of the molecule is CNCCC(=O)NC1CCN2CCCC12. The molecule has 2 heterocycles. The topological polar surface area (TPSA) is 44.4 Å². The molecule has 0 aromatic heterocycles. The minimum atomic E-state index is 0.197. The molecule has 0 bridgehead atoms. The molecule has 4 heteroatoms. The summed E-state index contributed by atoms with van der Waals surface area (Å²) in [7, 11) is 1.88. The first-order valence-electron chi connectivity index (χ1n) is 5.99. The average Bonchev–Trinajstić information content (AvgIpc) is 2.80. The Morgan fingerprint density at radius 1 is 1.40 bits per heavy atom. The van der Waals surface area contributed by atoms with E-state index >= 15 is 0 Å². The standard InChI is InChI=1S/C11H21N3O/c1-12-6-4-11(15)13-9-5-8-14-7-2-3-10(9)14/h9-10,12H,2-8H2,1H3,(H,13,15). The fourth-order valence-corrected chi connectivity index (χ4v) is 2.77. The number of nitrogens with one attached hydrogen (secondary N) is 2. The van der Waals surface area contributed by atoms with Crippen LogP contribution in [-0.4, -0.2) is 49.6 Å². The third kappa shape index (κ3) is 2.49. The summed E-state index contributed by atoms with van der Waals surface area (Å²) in [6.45, 7) is 3.17. The van der Waals surface area contributed by atoms with E-state index in [0.717, 1.165) is 13.0 Å². The summed E-state index contributed by atoms with van der Waals surface area (Å²) in [4.78, 5) is 14.1. The van der Waals surface area contributed by atoms with Crippen molar-refractivity contribution in [3.63, 3.8) is 0 Å². The van der Waals surface area contributed by atoms with E-state index in [0.29, 0.717) is 18.5 Å². The summed E-state index contributed by atoms with van der Waals surface area (Å²) in [5, 5.41) is 6.16. The minimum Gasteiger partial charge on any atom is -0.352 e. The molecule has 2 fully saturated rings. The number of carbonyl (C=O) groups is 1. The Kier molecular flexibility index (Phi) is 3.59. The summed E-state index contributed by atoms with van der Waals surface area (Å²) in [6.07, 6.45) is 4.29. The van der Waals surface area contributed by atoms with Crippen LogP contribution in [0.1, 0.15) is 25.7 Å². The number of nitrogens with zero attached hydrogens (tertiary/aromatic N) is 1. The largest absolute Gasteiger partial charge is 0.352 e. The monoisotopic (exact) mass is 211 g/mol. The number of carbonyl (C=O) groups excluding carboxylic acids is 1. The predicted molar refractivity (Wildman–Crippen MR) is 59.7 cm³/mol. The molecule has 0 aliphatic carbocycles. The van der Waals surface area contributed by atoms with E-state index in [4.69, 9.17) is 0 Å². The lowest BCUT2D eigenvalue weighted by Crippen LogP contribution is -2.42. The molecular weight excluding hydrogens is 190 g/mol. The fourth-order valence-electron chi connectivity index (χ4n) is 2.77. The molecule has 0 aromatic rings. The van der Waals surface area contributed by atoms with Gasteiger partial charge in [-0.05, 0) is 32.9 Å². The van der Waals surface area contributed by atoms with Gasteiger partial charge in [0.15, 0.2) is 0 Å². The molecule has 2 aliphatic rings. The maximum atomic E-state index is 11.6. The van der Waals surface area contributed by atoms with Gasteiger partial charge in [-0.15, -0.1) is 0 Å². The Morgan fingerprint density at radius 2 is 2.27 bits per heavy atom. The second kappa shape index (κ2) is 4.94. The molecule has 2 atom stereocenters. The van der Waals surface area contributed by atoms with E-state index in [-0.39, 0.29) is 5.91 Å². The van der Waals surface area contributed by atoms with Crippen LogP contribution in [0.15, 0.2) is 0 Å². The minimum absolute atomic E-state index is 0.197. The highest BCUT2D eigenvalue weighted by Crippen LogP contribution is 2.27. The number of hydrogen-bond donors (Lipinski definition) is 2. The van der Waals surface area contributed by atoms with E-state index in [9.17, 15) is 4.79 Å². The molecule has 0 aromatic carbocycles. The molecule has 2 aliphatic heterocycles. The van der Waals surface area contributed by atoms with Gasteiger partial charge >= 0.3 is 0 Å². The first-order chi connectivity index (χ1) is 7.31. The van der Waals surface area contributed by atoms with Crippen molar-refractivity contribution >= 4 is 5.91 Å². The van der Waals surface area contributed by atoms with Crippen LogP contribution in [0.4, 0.5) is 0 Å². The number of amides is 1. The van der Waals surface area contributed by atoms with Gasteiger partial charge in [-0.1, -0.05) is 0 Å². The van der Waals surface area contributed by atoms with Gasteiger partial charge in [0.05, 0.1) is 0 Å². The summed E-state index contributed by atoms with van der Waals surface area (Å²) >= 11 is 0. The lowest BCUT2D eigenvalue weighted by atomic mass is 10.1. The predicted octanol–water partition coefficient (Wildman–Crippen LogP) is -0.0512. The Hall–Kier alpha value is -0.610. The van der Waals surface area contributed by atoms with Gasteiger partial charge in [-0.25, -0.2) is 0 Å². The highest BCUT2D eigenvalue weighted by Gasteiger charge is 2.37. The average molecular weight is 211 g/mol. The van der Waals surface area contributed by atoms with E-state index in [1.807, 2.05) is 7.05 Å². The van der Waals surface area contributed by atoms with Crippen molar-refractivity contribution in [2.45, 2.75) is 37.8 Å². The molecule has 2 rings (SSSR count). The van der Waals surface area contributed by atoms with Crippen LogP contribution in [0.25, 0.3) is 0 Å². The third-order valence-corrected chi connectivity index (χ3v) is 3.55. The van der Waals surface area contributed by atoms with Crippen LogP contribution >= 0.6 is 0 Å². The highest BCUT2D eigenvalue weighted by atomic mass is 16.1. The maximum Gasteiger partial charge on any atom is 0.221 e. The van der Waals surface area contributed by atoms with Crippen molar-refractivity contribution in [1.82, 2.24) is 15.5 Å². The van der Waals surface area contributed by atoms with Crippen LogP contribution in [0.3, 0.4) is 0 Å². The molecule has 0 spiro atoms. The van der Waals surface area contributed by atoms with Crippen LogP contribution < -0.4 is 10.6 Å². The van der Waals surface area contributed by atoms with Gasteiger partial charge < -0.3 is 10.6 Å². The van der Waals surface area contributed by atoms with Crippen LogP contribution in [0, 0.1) is 0 Å². The Morgan fingerprint density at radius 3 is 3.07 bits per heavy atom. The zero-order valence-corrected chi connectivity index (χ0v) is 9.46. The van der Waals surface area contributed by atoms with E-state index < -0.39 is 0 Å². The van der Waals surface area contributed by atoms with Crippen molar-refractivity contribution < 1.29 is 4.79 Å². The molecule has 2 N–H and O–H groups in total. The Bertz CT molecular complexity index is 232. The normalized spacial score (nSPS) is 30.5. The molecule has 0 saturated carbocycles.